The van der Waals surface area contributed by atoms with Gasteiger partial charge in [0.1, 0.15) is 5.82 Å². The van der Waals surface area contributed by atoms with Crippen molar-refractivity contribution in [1.29, 1.82) is 0 Å². The number of rotatable bonds is 7. The molecule has 1 saturated carbocycles. The van der Waals surface area contributed by atoms with E-state index in [1.807, 2.05) is 6.07 Å². The van der Waals surface area contributed by atoms with Crippen LogP contribution in [-0.4, -0.2) is 49.1 Å². The molecule has 3 atom stereocenters. The fraction of sp³-hybridized carbons (Fsp3) is 0.556. The van der Waals surface area contributed by atoms with Gasteiger partial charge in [-0.2, -0.15) is 17.5 Å². The molecule has 2 aliphatic heterocycles. The van der Waals surface area contributed by atoms with Crippen LogP contribution in [0.15, 0.2) is 36.4 Å². The highest BCUT2D eigenvalue weighted by molar-refractivity contribution is 7.89. The van der Waals surface area contributed by atoms with Gasteiger partial charge in [-0.1, -0.05) is 24.3 Å². The first-order chi connectivity index (χ1) is 17.1. The van der Waals surface area contributed by atoms with Crippen molar-refractivity contribution in [1.82, 2.24) is 9.21 Å². The normalized spacial score (nSPS) is 26.9. The standard InChI is InChI=1S/C27H30F4N2O2S/c28-24-13-19-14-26(32-8-2-9-32)22(12-18-3-1-4-20(11-18)27(29,30)31)21(19)15-23(24)25-7-10-33(25)36(34,35)16-17-5-6-17/h1,3-4,11,13,15,17,22,25-26H,2,5-10,12,14,16H2. The molecule has 2 heterocycles. The van der Waals surface area contributed by atoms with Crippen molar-refractivity contribution in [3.05, 3.63) is 70.0 Å². The van der Waals surface area contributed by atoms with Gasteiger partial charge in [0.2, 0.25) is 10.0 Å². The van der Waals surface area contributed by atoms with E-state index >= 15 is 4.39 Å². The largest absolute Gasteiger partial charge is 0.416 e. The Hall–Kier alpha value is -1.97. The quantitative estimate of drug-likeness (QED) is 0.464. The first-order valence-electron chi connectivity index (χ1n) is 12.8. The number of alkyl halides is 3. The molecule has 3 fully saturated rings. The summed E-state index contributed by atoms with van der Waals surface area (Å²) in [7, 11) is -3.44. The molecule has 36 heavy (non-hydrogen) atoms. The highest BCUT2D eigenvalue weighted by atomic mass is 32.2. The zero-order valence-corrected chi connectivity index (χ0v) is 20.8. The maximum Gasteiger partial charge on any atom is 0.416 e. The van der Waals surface area contributed by atoms with E-state index in [0.717, 1.165) is 49.5 Å². The van der Waals surface area contributed by atoms with Crippen LogP contribution in [0.1, 0.15) is 65.5 Å². The van der Waals surface area contributed by atoms with Crippen molar-refractivity contribution in [3.8, 4) is 0 Å². The van der Waals surface area contributed by atoms with Crippen LogP contribution < -0.4 is 0 Å². The molecule has 4 nitrogen and oxygen atoms in total. The van der Waals surface area contributed by atoms with E-state index in [1.165, 1.54) is 16.4 Å². The van der Waals surface area contributed by atoms with Crippen LogP contribution >= 0.6 is 0 Å². The predicted octanol–water partition coefficient (Wildman–Crippen LogP) is 5.29. The monoisotopic (exact) mass is 522 g/mol. The predicted molar refractivity (Wildman–Crippen MR) is 129 cm³/mol. The third kappa shape index (κ3) is 4.47. The van der Waals surface area contributed by atoms with E-state index in [1.54, 1.807) is 12.1 Å². The Morgan fingerprint density at radius 2 is 1.75 bits per heavy atom. The van der Waals surface area contributed by atoms with Gasteiger partial charge in [-0.3, -0.25) is 4.90 Å². The van der Waals surface area contributed by atoms with Crippen LogP contribution in [0.4, 0.5) is 17.6 Å². The average molecular weight is 523 g/mol. The van der Waals surface area contributed by atoms with Crippen molar-refractivity contribution in [3.63, 3.8) is 0 Å². The summed E-state index contributed by atoms with van der Waals surface area (Å²) in [4.78, 5) is 2.34. The zero-order valence-electron chi connectivity index (χ0n) is 20.0. The van der Waals surface area contributed by atoms with Crippen molar-refractivity contribution in [2.45, 2.75) is 62.7 Å². The number of benzene rings is 2. The van der Waals surface area contributed by atoms with Gasteiger partial charge >= 0.3 is 6.18 Å². The number of sulfonamides is 1. The Morgan fingerprint density at radius 1 is 0.972 bits per heavy atom. The molecule has 2 aliphatic carbocycles. The van der Waals surface area contributed by atoms with Gasteiger partial charge in [0.25, 0.3) is 0 Å². The van der Waals surface area contributed by atoms with E-state index < -0.39 is 27.8 Å². The molecule has 3 unspecified atom stereocenters. The molecule has 0 aromatic heterocycles. The molecule has 2 aromatic carbocycles. The van der Waals surface area contributed by atoms with E-state index in [-0.39, 0.29) is 29.4 Å². The van der Waals surface area contributed by atoms with Crippen molar-refractivity contribution < 1.29 is 26.0 Å². The number of fused-ring (bicyclic) bond motifs is 1. The number of hydrogen-bond donors (Lipinski definition) is 0. The fourth-order valence-electron chi connectivity index (χ4n) is 6.12. The van der Waals surface area contributed by atoms with E-state index in [2.05, 4.69) is 4.90 Å². The van der Waals surface area contributed by atoms with Gasteiger partial charge in [0.05, 0.1) is 17.4 Å². The Kier molecular flexibility index (Phi) is 5.96. The topological polar surface area (TPSA) is 40.6 Å². The molecular formula is C27H30F4N2O2S. The first kappa shape index (κ1) is 24.4. The van der Waals surface area contributed by atoms with Crippen LogP contribution in [0.3, 0.4) is 0 Å². The Bertz CT molecular complexity index is 1270. The van der Waals surface area contributed by atoms with E-state index in [9.17, 15) is 21.6 Å². The Morgan fingerprint density at radius 3 is 2.36 bits per heavy atom. The SMILES string of the molecule is O=S(=O)(CC1CC1)N1CCC1c1cc2c(cc1F)CC(N1CCC1)C2Cc1cccc(C(F)(F)F)c1. The van der Waals surface area contributed by atoms with Crippen LogP contribution in [0.2, 0.25) is 0 Å². The van der Waals surface area contributed by atoms with Crippen LogP contribution in [0.25, 0.3) is 0 Å². The van der Waals surface area contributed by atoms with Crippen LogP contribution in [-0.2, 0) is 29.0 Å². The lowest BCUT2D eigenvalue weighted by atomic mass is 9.86. The number of halogens is 4. The minimum absolute atomic E-state index is 0.0697. The van der Waals surface area contributed by atoms with Crippen LogP contribution in [0, 0.1) is 11.7 Å². The van der Waals surface area contributed by atoms with Crippen LogP contribution in [0.5, 0.6) is 0 Å². The van der Waals surface area contributed by atoms with Gasteiger partial charge in [-0.15, -0.1) is 0 Å². The third-order valence-electron chi connectivity index (χ3n) is 8.45. The molecule has 6 rings (SSSR count). The van der Waals surface area contributed by atoms with Gasteiger partial charge in [-0.25, -0.2) is 12.8 Å². The summed E-state index contributed by atoms with van der Waals surface area (Å²) in [6.45, 7) is 2.27. The highest BCUT2D eigenvalue weighted by Crippen LogP contribution is 2.46. The lowest BCUT2D eigenvalue weighted by molar-refractivity contribution is -0.137. The highest BCUT2D eigenvalue weighted by Gasteiger charge is 2.44. The molecular weight excluding hydrogens is 492 g/mol. The number of hydrogen-bond acceptors (Lipinski definition) is 3. The fourth-order valence-corrected chi connectivity index (χ4v) is 8.23. The molecule has 0 spiro atoms. The molecule has 9 heteroatoms. The second-order valence-electron chi connectivity index (χ2n) is 10.9. The van der Waals surface area contributed by atoms with Crippen molar-refractivity contribution >= 4 is 10.0 Å². The molecule has 2 saturated heterocycles. The second kappa shape index (κ2) is 8.81. The van der Waals surface area contributed by atoms with E-state index in [0.29, 0.717) is 36.9 Å². The lowest BCUT2D eigenvalue weighted by Gasteiger charge is -2.41. The summed E-state index contributed by atoms with van der Waals surface area (Å²) >= 11 is 0. The average Bonchev–Trinajstić information content (AvgIpc) is 3.47. The van der Waals surface area contributed by atoms with Gasteiger partial charge in [0, 0.05) is 24.1 Å². The zero-order chi connectivity index (χ0) is 25.2. The van der Waals surface area contributed by atoms with Gasteiger partial charge in [-0.05, 0) is 86.4 Å². The Balaban J connectivity index is 1.32. The minimum atomic E-state index is -4.41. The third-order valence-corrected chi connectivity index (χ3v) is 10.5. The summed E-state index contributed by atoms with van der Waals surface area (Å²) in [5.74, 6) is -0.104. The second-order valence-corrected chi connectivity index (χ2v) is 12.8. The minimum Gasteiger partial charge on any atom is -0.299 e. The van der Waals surface area contributed by atoms with Crippen molar-refractivity contribution in [2.24, 2.45) is 5.92 Å². The summed E-state index contributed by atoms with van der Waals surface area (Å²) < 4.78 is 82.6. The molecule has 0 bridgehead atoms. The summed E-state index contributed by atoms with van der Waals surface area (Å²) in [6.07, 6.45) is 0.199. The first-order valence-corrected chi connectivity index (χ1v) is 14.4. The molecule has 4 aliphatic rings. The molecule has 194 valence electrons. The maximum atomic E-state index is 15.4. The van der Waals surface area contributed by atoms with E-state index in [4.69, 9.17) is 0 Å². The molecule has 0 N–H and O–H groups in total. The number of nitrogens with zero attached hydrogens (tertiary/aromatic N) is 2. The molecule has 2 aromatic rings. The van der Waals surface area contributed by atoms with Gasteiger partial charge in [0.15, 0.2) is 0 Å². The summed E-state index contributed by atoms with van der Waals surface area (Å²) in [5, 5.41) is 0. The maximum absolute atomic E-state index is 15.4. The molecule has 0 radical (unpaired) electrons. The van der Waals surface area contributed by atoms with Crippen molar-refractivity contribution in [2.75, 3.05) is 25.4 Å². The lowest BCUT2D eigenvalue weighted by Crippen LogP contribution is -2.47. The molecule has 0 amide bonds. The number of likely N-dealkylation sites (tertiary alicyclic amines) is 1. The van der Waals surface area contributed by atoms with Gasteiger partial charge < -0.3 is 0 Å². The Labute approximate surface area is 209 Å². The summed E-state index contributed by atoms with van der Waals surface area (Å²) in [5.41, 5.74) is 2.18. The summed E-state index contributed by atoms with van der Waals surface area (Å²) in [6, 6.07) is 8.45. The smallest absolute Gasteiger partial charge is 0.299 e.